The van der Waals surface area contributed by atoms with Gasteiger partial charge >= 0.3 is 6.18 Å². The normalized spacial score (nSPS) is 11.8. The summed E-state index contributed by atoms with van der Waals surface area (Å²) in [7, 11) is 3.89. The van der Waals surface area contributed by atoms with Crippen LogP contribution in [-0.4, -0.2) is 48.6 Å². The van der Waals surface area contributed by atoms with Crippen LogP contribution in [-0.2, 0) is 6.18 Å². The van der Waals surface area contributed by atoms with E-state index in [0.29, 0.717) is 13.1 Å². The number of rotatable bonds is 8. The minimum Gasteiger partial charge on any atom is -0.370 e. The average molecular weight is 305 g/mol. The predicted octanol–water partition coefficient (Wildman–Crippen LogP) is 2.68. The van der Waals surface area contributed by atoms with Crippen molar-refractivity contribution in [3.05, 3.63) is 11.9 Å². The maximum Gasteiger partial charge on any atom is 0.451 e. The van der Waals surface area contributed by atoms with Crippen molar-refractivity contribution in [2.75, 3.05) is 44.4 Å². The van der Waals surface area contributed by atoms with Gasteiger partial charge in [-0.1, -0.05) is 6.92 Å². The van der Waals surface area contributed by atoms with Gasteiger partial charge in [-0.2, -0.15) is 13.2 Å². The SMILES string of the molecule is CCCNc1cc(NCCCN(C)C)nc(C(F)(F)F)n1. The van der Waals surface area contributed by atoms with E-state index in [1.165, 1.54) is 6.07 Å². The molecule has 120 valence electrons. The number of anilines is 2. The number of hydrogen-bond acceptors (Lipinski definition) is 5. The molecule has 0 saturated carbocycles. The average Bonchev–Trinajstić information content (AvgIpc) is 2.40. The molecule has 8 heteroatoms. The third-order valence-corrected chi connectivity index (χ3v) is 2.62. The standard InChI is InChI=1S/C13H22F3N5/c1-4-6-17-10-9-11(18-7-5-8-21(2)3)20-12(19-10)13(14,15)16/h9H,4-8H2,1-3H3,(H2,17,18,19,20). The fourth-order valence-electron chi connectivity index (χ4n) is 1.62. The van der Waals surface area contributed by atoms with E-state index < -0.39 is 12.0 Å². The van der Waals surface area contributed by atoms with E-state index in [4.69, 9.17) is 0 Å². The van der Waals surface area contributed by atoms with Crippen molar-refractivity contribution in [3.8, 4) is 0 Å². The predicted molar refractivity (Wildman–Crippen MR) is 77.5 cm³/mol. The van der Waals surface area contributed by atoms with Gasteiger partial charge in [-0.25, -0.2) is 9.97 Å². The van der Waals surface area contributed by atoms with Gasteiger partial charge in [0.15, 0.2) is 0 Å². The van der Waals surface area contributed by atoms with Gasteiger partial charge in [0.2, 0.25) is 5.82 Å². The first-order chi connectivity index (χ1) is 9.82. The van der Waals surface area contributed by atoms with Crippen LogP contribution in [0, 0.1) is 0 Å². The number of alkyl halides is 3. The molecule has 0 spiro atoms. The van der Waals surface area contributed by atoms with E-state index in [1.807, 2.05) is 25.9 Å². The second-order valence-electron chi connectivity index (χ2n) is 4.97. The number of halogens is 3. The Labute approximate surface area is 123 Å². The Hall–Kier alpha value is -1.57. The van der Waals surface area contributed by atoms with Gasteiger partial charge in [-0.3, -0.25) is 0 Å². The molecule has 0 unspecified atom stereocenters. The summed E-state index contributed by atoms with van der Waals surface area (Å²) in [6.45, 7) is 3.90. The van der Waals surface area contributed by atoms with Gasteiger partial charge in [0.1, 0.15) is 11.6 Å². The minimum absolute atomic E-state index is 0.189. The fourth-order valence-corrected chi connectivity index (χ4v) is 1.62. The zero-order valence-corrected chi connectivity index (χ0v) is 12.6. The molecule has 0 aliphatic rings. The van der Waals surface area contributed by atoms with Crippen molar-refractivity contribution in [2.24, 2.45) is 0 Å². The summed E-state index contributed by atoms with van der Waals surface area (Å²) in [5.74, 6) is -0.748. The van der Waals surface area contributed by atoms with Crippen molar-refractivity contribution in [1.82, 2.24) is 14.9 Å². The van der Waals surface area contributed by atoms with E-state index in [0.717, 1.165) is 19.4 Å². The molecule has 0 amide bonds. The summed E-state index contributed by atoms with van der Waals surface area (Å²) in [4.78, 5) is 9.04. The van der Waals surface area contributed by atoms with Crippen LogP contribution in [0.25, 0.3) is 0 Å². The topological polar surface area (TPSA) is 53.1 Å². The molecule has 0 bridgehead atoms. The van der Waals surface area contributed by atoms with Gasteiger partial charge in [0.25, 0.3) is 0 Å². The Morgan fingerprint density at radius 1 is 1.10 bits per heavy atom. The molecule has 0 atom stereocenters. The van der Waals surface area contributed by atoms with Gasteiger partial charge < -0.3 is 15.5 Å². The highest BCUT2D eigenvalue weighted by Crippen LogP contribution is 2.28. The van der Waals surface area contributed by atoms with Gasteiger partial charge in [0, 0.05) is 19.2 Å². The lowest BCUT2D eigenvalue weighted by atomic mass is 10.4. The number of nitrogens with zero attached hydrogens (tertiary/aromatic N) is 3. The number of hydrogen-bond donors (Lipinski definition) is 2. The third-order valence-electron chi connectivity index (χ3n) is 2.62. The van der Waals surface area contributed by atoms with Crippen LogP contribution in [0.3, 0.4) is 0 Å². The smallest absolute Gasteiger partial charge is 0.370 e. The first kappa shape index (κ1) is 17.5. The molecule has 1 rings (SSSR count). The van der Waals surface area contributed by atoms with Crippen LogP contribution >= 0.6 is 0 Å². The molecular weight excluding hydrogens is 283 g/mol. The van der Waals surface area contributed by atoms with Crippen LogP contribution in [0.2, 0.25) is 0 Å². The molecule has 5 nitrogen and oxygen atoms in total. The molecule has 0 aromatic carbocycles. The van der Waals surface area contributed by atoms with Gasteiger partial charge in [0.05, 0.1) is 0 Å². The Morgan fingerprint density at radius 2 is 1.67 bits per heavy atom. The summed E-state index contributed by atoms with van der Waals surface area (Å²) < 4.78 is 38.3. The monoisotopic (exact) mass is 305 g/mol. The fraction of sp³-hybridized carbons (Fsp3) is 0.692. The van der Waals surface area contributed by atoms with Crippen LogP contribution in [0.5, 0.6) is 0 Å². The van der Waals surface area contributed by atoms with Gasteiger partial charge in [-0.05, 0) is 33.5 Å². The van der Waals surface area contributed by atoms with Crippen molar-refractivity contribution < 1.29 is 13.2 Å². The maximum atomic E-state index is 12.8. The lowest BCUT2D eigenvalue weighted by Crippen LogP contribution is -2.18. The first-order valence-electron chi connectivity index (χ1n) is 6.91. The van der Waals surface area contributed by atoms with E-state index in [-0.39, 0.29) is 11.6 Å². The summed E-state index contributed by atoms with van der Waals surface area (Å²) in [5, 5.41) is 5.77. The van der Waals surface area contributed by atoms with Gasteiger partial charge in [-0.15, -0.1) is 0 Å². The van der Waals surface area contributed by atoms with E-state index in [9.17, 15) is 13.2 Å². The van der Waals surface area contributed by atoms with E-state index in [2.05, 4.69) is 20.6 Å². The summed E-state index contributed by atoms with van der Waals surface area (Å²) in [6, 6.07) is 1.50. The lowest BCUT2D eigenvalue weighted by Gasteiger charge is -2.13. The highest BCUT2D eigenvalue weighted by Gasteiger charge is 2.35. The highest BCUT2D eigenvalue weighted by atomic mass is 19.4. The van der Waals surface area contributed by atoms with Crippen molar-refractivity contribution >= 4 is 11.6 Å². The lowest BCUT2D eigenvalue weighted by molar-refractivity contribution is -0.144. The Bertz CT molecular complexity index is 434. The largest absolute Gasteiger partial charge is 0.451 e. The second kappa shape index (κ2) is 8.02. The Morgan fingerprint density at radius 3 is 2.14 bits per heavy atom. The Kier molecular flexibility index (Phi) is 6.67. The second-order valence-corrected chi connectivity index (χ2v) is 4.97. The van der Waals surface area contributed by atoms with Crippen molar-refractivity contribution in [3.63, 3.8) is 0 Å². The van der Waals surface area contributed by atoms with E-state index >= 15 is 0 Å². The molecular formula is C13H22F3N5. The molecule has 0 aliphatic heterocycles. The molecule has 1 heterocycles. The molecule has 0 fully saturated rings. The maximum absolute atomic E-state index is 12.8. The number of nitrogens with one attached hydrogen (secondary N) is 2. The molecule has 21 heavy (non-hydrogen) atoms. The quantitative estimate of drug-likeness (QED) is 0.723. The summed E-state index contributed by atoms with van der Waals surface area (Å²) in [5.41, 5.74) is 0. The Balaban J connectivity index is 2.76. The molecule has 0 radical (unpaired) electrons. The third kappa shape index (κ3) is 6.61. The zero-order valence-electron chi connectivity index (χ0n) is 12.6. The van der Waals surface area contributed by atoms with Crippen molar-refractivity contribution in [1.29, 1.82) is 0 Å². The van der Waals surface area contributed by atoms with E-state index in [1.54, 1.807) is 0 Å². The minimum atomic E-state index is -4.55. The molecule has 2 N–H and O–H groups in total. The van der Waals surface area contributed by atoms with Crippen LogP contribution in [0.15, 0.2) is 6.07 Å². The highest BCUT2D eigenvalue weighted by molar-refractivity contribution is 5.47. The molecule has 1 aromatic rings. The molecule has 0 saturated heterocycles. The molecule has 0 aliphatic carbocycles. The van der Waals surface area contributed by atoms with Crippen LogP contribution < -0.4 is 10.6 Å². The summed E-state index contributed by atoms with van der Waals surface area (Å²) in [6.07, 6.45) is -2.93. The van der Waals surface area contributed by atoms with Crippen molar-refractivity contribution in [2.45, 2.75) is 25.9 Å². The van der Waals surface area contributed by atoms with Crippen LogP contribution in [0.4, 0.5) is 24.8 Å². The zero-order chi connectivity index (χ0) is 15.9. The van der Waals surface area contributed by atoms with Crippen LogP contribution in [0.1, 0.15) is 25.6 Å². The summed E-state index contributed by atoms with van der Waals surface area (Å²) >= 11 is 0. The first-order valence-corrected chi connectivity index (χ1v) is 6.91. The molecule has 1 aromatic heterocycles. The number of aromatic nitrogens is 2.